The van der Waals surface area contributed by atoms with Crippen molar-refractivity contribution in [3.8, 4) is 0 Å². The van der Waals surface area contributed by atoms with Gasteiger partial charge < -0.3 is 19.9 Å². The topological polar surface area (TPSA) is 105 Å². The molecule has 1 amide bonds. The molecule has 1 saturated carbocycles. The van der Waals surface area contributed by atoms with E-state index in [1.807, 2.05) is 42.5 Å². The van der Waals surface area contributed by atoms with Gasteiger partial charge in [-0.25, -0.2) is 0 Å². The first-order valence-electron chi connectivity index (χ1n) is 13.3. The maximum absolute atomic E-state index is 14.3. The summed E-state index contributed by atoms with van der Waals surface area (Å²) in [4.78, 5) is 39.7. The molecule has 1 aromatic carbocycles. The number of epoxide rings is 1. The Morgan fingerprint density at radius 2 is 1.86 bits per heavy atom. The predicted molar refractivity (Wildman–Crippen MR) is 137 cm³/mol. The van der Waals surface area contributed by atoms with Crippen LogP contribution >= 0.6 is 0 Å². The van der Waals surface area contributed by atoms with Gasteiger partial charge in [0.05, 0.1) is 11.7 Å². The molecule has 0 unspecified atom stereocenters. The Labute approximate surface area is 218 Å². The van der Waals surface area contributed by atoms with Gasteiger partial charge in [-0.3, -0.25) is 14.4 Å². The number of allylic oxidation sites excluding steroid dienone is 1. The molecule has 37 heavy (non-hydrogen) atoms. The predicted octanol–water partition coefficient (Wildman–Crippen LogP) is 3.16. The number of esters is 1. The maximum atomic E-state index is 14.3. The van der Waals surface area contributed by atoms with E-state index in [9.17, 15) is 19.5 Å². The molecule has 7 heteroatoms. The molecule has 2 aliphatic heterocycles. The minimum Gasteiger partial charge on any atom is -0.457 e. The van der Waals surface area contributed by atoms with Crippen LogP contribution in [0.4, 0.5) is 0 Å². The fourth-order valence-electron chi connectivity index (χ4n) is 7.33. The van der Waals surface area contributed by atoms with Crippen molar-refractivity contribution < 1.29 is 29.0 Å². The zero-order chi connectivity index (χ0) is 26.8. The summed E-state index contributed by atoms with van der Waals surface area (Å²) in [6, 6.07) is 9.82. The summed E-state index contributed by atoms with van der Waals surface area (Å²) in [5, 5.41) is 14.3. The molecule has 3 fully saturated rings. The van der Waals surface area contributed by atoms with Gasteiger partial charge in [0.2, 0.25) is 5.91 Å². The largest absolute Gasteiger partial charge is 0.457 e. The van der Waals surface area contributed by atoms with E-state index >= 15 is 0 Å². The lowest BCUT2D eigenvalue weighted by Crippen LogP contribution is -2.60. The van der Waals surface area contributed by atoms with Crippen molar-refractivity contribution >= 4 is 17.7 Å². The number of hydrogen-bond donors (Lipinski definition) is 2. The summed E-state index contributed by atoms with van der Waals surface area (Å²) in [6.07, 6.45) is 6.72. The number of amides is 1. The highest BCUT2D eigenvalue weighted by atomic mass is 16.6. The van der Waals surface area contributed by atoms with Crippen LogP contribution in [0.3, 0.4) is 0 Å². The number of benzene rings is 1. The van der Waals surface area contributed by atoms with Crippen LogP contribution in [0.2, 0.25) is 0 Å². The molecule has 1 spiro atoms. The zero-order valence-electron chi connectivity index (χ0n) is 22.1. The summed E-state index contributed by atoms with van der Waals surface area (Å²) in [7, 11) is 0. The van der Waals surface area contributed by atoms with Crippen molar-refractivity contribution in [2.75, 3.05) is 0 Å². The van der Waals surface area contributed by atoms with Crippen LogP contribution in [0.5, 0.6) is 0 Å². The van der Waals surface area contributed by atoms with Gasteiger partial charge in [-0.2, -0.15) is 0 Å². The van der Waals surface area contributed by atoms with Gasteiger partial charge >= 0.3 is 5.97 Å². The summed E-state index contributed by atoms with van der Waals surface area (Å²) in [6.45, 7) is 8.76. The summed E-state index contributed by atoms with van der Waals surface area (Å²) >= 11 is 0. The molecule has 10 atom stereocenters. The second kappa shape index (κ2) is 8.91. The van der Waals surface area contributed by atoms with Crippen LogP contribution < -0.4 is 5.32 Å². The summed E-state index contributed by atoms with van der Waals surface area (Å²) in [5.41, 5.74) is -2.24. The molecule has 1 aromatic rings. The lowest BCUT2D eigenvalue weighted by atomic mass is 9.51. The van der Waals surface area contributed by atoms with Crippen molar-refractivity contribution in [2.45, 2.75) is 76.9 Å². The van der Waals surface area contributed by atoms with E-state index in [2.05, 4.69) is 19.2 Å². The van der Waals surface area contributed by atoms with Crippen LogP contribution in [0.25, 0.3) is 0 Å². The molecule has 0 radical (unpaired) electrons. The molecule has 0 aromatic heterocycles. The number of ether oxygens (including phenoxy) is 2. The highest BCUT2D eigenvalue weighted by molar-refractivity contribution is 5.91. The Balaban J connectivity index is 1.70. The number of aliphatic hydroxyl groups is 1. The van der Waals surface area contributed by atoms with E-state index < -0.39 is 34.6 Å². The first-order chi connectivity index (χ1) is 17.4. The second-order valence-corrected chi connectivity index (χ2v) is 11.7. The number of Topliss-reactive ketones (excluding diaryl/α,β-unsaturated/α-hetero) is 1. The number of carbonyl (C=O) groups is 3. The van der Waals surface area contributed by atoms with Gasteiger partial charge in [0, 0.05) is 30.7 Å². The quantitative estimate of drug-likeness (QED) is 0.370. The Morgan fingerprint density at radius 3 is 2.54 bits per heavy atom. The fraction of sp³-hybridized carbons (Fsp3) is 0.567. The van der Waals surface area contributed by atoms with E-state index in [1.165, 1.54) is 19.9 Å². The molecule has 2 saturated heterocycles. The molecule has 198 valence electrons. The average molecular weight is 508 g/mol. The first-order valence-corrected chi connectivity index (χ1v) is 13.3. The Bertz CT molecular complexity index is 1160. The molecular weight excluding hydrogens is 470 g/mol. The molecule has 2 aliphatic carbocycles. The fourth-order valence-corrected chi connectivity index (χ4v) is 7.33. The molecule has 4 aliphatic rings. The number of carbonyl (C=O) groups excluding carboxylic acids is 3. The number of ketones is 1. The third-order valence-corrected chi connectivity index (χ3v) is 9.34. The summed E-state index contributed by atoms with van der Waals surface area (Å²) < 4.78 is 12.3. The van der Waals surface area contributed by atoms with Gasteiger partial charge in [-0.1, -0.05) is 56.3 Å². The van der Waals surface area contributed by atoms with Gasteiger partial charge in [-0.15, -0.1) is 0 Å². The average Bonchev–Trinajstić information content (AvgIpc) is 3.46. The Morgan fingerprint density at radius 1 is 1.16 bits per heavy atom. The number of nitrogens with one attached hydrogen (secondary N) is 1. The van der Waals surface area contributed by atoms with Crippen LogP contribution in [-0.2, 0) is 30.3 Å². The monoisotopic (exact) mass is 507 g/mol. The molecular formula is C30H37NO6. The number of rotatable bonds is 3. The van der Waals surface area contributed by atoms with Crippen molar-refractivity contribution in [2.24, 2.45) is 29.1 Å². The Kier molecular flexibility index (Phi) is 6.23. The van der Waals surface area contributed by atoms with Crippen molar-refractivity contribution in [3.63, 3.8) is 0 Å². The lowest BCUT2D eigenvalue weighted by molar-refractivity contribution is -0.162. The van der Waals surface area contributed by atoms with Gasteiger partial charge in [-0.05, 0) is 50.3 Å². The standard InChI is InChI=1S/C30H37NO6/c1-17-10-9-13-21-26-29(5,37-26)18(2)24-22(16-20-11-7-6-8-12-20)31-27(34)30(21,24)23(36-19(3)32)14-15-28(4,35)25(17)33/h6-9,11-15,17-18,21-24,26,35H,10,16H2,1-5H3,(H,31,34)/b13-9+,15-14+/t17-,18-,21-,22-,23-,24+,26+,28-,29-,30-/m1/s1. The third kappa shape index (κ3) is 3.98. The number of fused-ring (bicyclic) bond motifs is 2. The van der Waals surface area contributed by atoms with E-state index in [0.717, 1.165) is 5.56 Å². The minimum atomic E-state index is -1.76. The maximum Gasteiger partial charge on any atom is 0.303 e. The second-order valence-electron chi connectivity index (χ2n) is 11.7. The molecule has 5 rings (SSSR count). The third-order valence-electron chi connectivity index (χ3n) is 9.34. The molecule has 2 heterocycles. The minimum absolute atomic E-state index is 0.0209. The van der Waals surface area contributed by atoms with Crippen LogP contribution in [0.15, 0.2) is 54.6 Å². The van der Waals surface area contributed by atoms with Crippen LogP contribution in [0, 0.1) is 29.1 Å². The Hall–Kier alpha value is -2.77. The van der Waals surface area contributed by atoms with E-state index in [-0.39, 0.29) is 41.6 Å². The van der Waals surface area contributed by atoms with E-state index in [0.29, 0.717) is 12.8 Å². The van der Waals surface area contributed by atoms with Gasteiger partial charge in [0.15, 0.2) is 5.78 Å². The van der Waals surface area contributed by atoms with Crippen molar-refractivity contribution in [3.05, 3.63) is 60.2 Å². The van der Waals surface area contributed by atoms with Crippen LogP contribution in [0.1, 0.15) is 46.6 Å². The van der Waals surface area contributed by atoms with E-state index in [4.69, 9.17) is 9.47 Å². The highest BCUT2D eigenvalue weighted by Crippen LogP contribution is 2.67. The van der Waals surface area contributed by atoms with Crippen LogP contribution in [-0.4, -0.2) is 52.2 Å². The first kappa shape index (κ1) is 25.9. The van der Waals surface area contributed by atoms with Crippen molar-refractivity contribution in [1.82, 2.24) is 5.32 Å². The SMILES string of the molecule is CC(=O)O[C@@H]1/C=C/[C@@](C)(O)C(=O)[C@H](C)C/C=C/[C@@H]2[C@@H]3O[C@]3(C)[C@H](C)[C@H]3[C@@H](Cc4ccccc4)NC(=O)[C@]321. The molecule has 0 bridgehead atoms. The highest BCUT2D eigenvalue weighted by Gasteiger charge is 2.78. The number of hydrogen-bond acceptors (Lipinski definition) is 6. The summed E-state index contributed by atoms with van der Waals surface area (Å²) in [5.74, 6) is -2.10. The van der Waals surface area contributed by atoms with Gasteiger partial charge in [0.25, 0.3) is 0 Å². The normalized spacial score (nSPS) is 46.4. The molecule has 7 nitrogen and oxygen atoms in total. The van der Waals surface area contributed by atoms with Gasteiger partial charge in [0.1, 0.15) is 17.1 Å². The smallest absolute Gasteiger partial charge is 0.303 e. The lowest BCUT2D eigenvalue weighted by Gasteiger charge is -2.49. The zero-order valence-corrected chi connectivity index (χ0v) is 22.1. The molecule has 2 N–H and O–H groups in total. The van der Waals surface area contributed by atoms with E-state index in [1.54, 1.807) is 13.0 Å². The van der Waals surface area contributed by atoms with Crippen molar-refractivity contribution in [1.29, 1.82) is 0 Å².